The third kappa shape index (κ3) is 5.35. The first-order chi connectivity index (χ1) is 9.19. The molecule has 0 radical (unpaired) electrons. The van der Waals surface area contributed by atoms with Gasteiger partial charge in [0.05, 0.1) is 13.7 Å². The molecule has 0 saturated carbocycles. The Balaban J connectivity index is 2.74. The van der Waals surface area contributed by atoms with Crippen LogP contribution in [-0.2, 0) is 6.54 Å². The summed E-state index contributed by atoms with van der Waals surface area (Å²) in [7, 11) is 1.67. The van der Waals surface area contributed by atoms with Gasteiger partial charge in [0.1, 0.15) is 0 Å². The third-order valence-corrected chi connectivity index (χ3v) is 2.78. The van der Waals surface area contributed by atoms with E-state index < -0.39 is 0 Å². The number of unbranched alkanes of at least 4 members (excludes halogenated alkanes) is 1. The summed E-state index contributed by atoms with van der Waals surface area (Å²) in [5.41, 5.74) is 1.13. The normalized spacial score (nSPS) is 10.5. The average Bonchev–Trinajstić information content (AvgIpc) is 2.41. The van der Waals surface area contributed by atoms with E-state index in [1.54, 1.807) is 7.11 Å². The Morgan fingerprint density at radius 2 is 2.16 bits per heavy atom. The summed E-state index contributed by atoms with van der Waals surface area (Å²) in [6, 6.07) is 6.44. The SMILES string of the molecule is C=CCCCOc1c(CNC(C)C)cccc1OC. The molecule has 0 amide bonds. The van der Waals surface area contributed by atoms with Crippen LogP contribution in [0.15, 0.2) is 30.9 Å². The van der Waals surface area contributed by atoms with Crippen molar-refractivity contribution in [3.63, 3.8) is 0 Å². The molecule has 0 aliphatic carbocycles. The molecule has 0 aliphatic rings. The zero-order valence-corrected chi connectivity index (χ0v) is 12.2. The lowest BCUT2D eigenvalue weighted by Gasteiger charge is -2.16. The molecule has 1 N–H and O–H groups in total. The highest BCUT2D eigenvalue weighted by atomic mass is 16.5. The van der Waals surface area contributed by atoms with Crippen molar-refractivity contribution in [2.45, 2.75) is 39.3 Å². The lowest BCUT2D eigenvalue weighted by atomic mass is 10.1. The molecule has 3 nitrogen and oxygen atoms in total. The summed E-state index contributed by atoms with van der Waals surface area (Å²) >= 11 is 0. The summed E-state index contributed by atoms with van der Waals surface area (Å²) in [5, 5.41) is 3.40. The highest BCUT2D eigenvalue weighted by Gasteiger charge is 2.10. The van der Waals surface area contributed by atoms with Crippen molar-refractivity contribution in [2.75, 3.05) is 13.7 Å². The van der Waals surface area contributed by atoms with Crippen LogP contribution in [0, 0.1) is 0 Å². The molecule has 0 spiro atoms. The first-order valence-electron chi connectivity index (χ1n) is 6.82. The number of hydrogen-bond donors (Lipinski definition) is 1. The van der Waals surface area contributed by atoms with E-state index in [-0.39, 0.29) is 0 Å². The molecule has 0 atom stereocenters. The Kier molecular flexibility index (Phi) is 7.04. The topological polar surface area (TPSA) is 30.5 Å². The fourth-order valence-electron chi connectivity index (χ4n) is 1.74. The molecule has 0 unspecified atom stereocenters. The van der Waals surface area contributed by atoms with E-state index in [1.165, 1.54) is 0 Å². The lowest BCUT2D eigenvalue weighted by molar-refractivity contribution is 0.286. The Morgan fingerprint density at radius 1 is 1.37 bits per heavy atom. The zero-order chi connectivity index (χ0) is 14.1. The second-order valence-corrected chi connectivity index (χ2v) is 4.76. The van der Waals surface area contributed by atoms with Crippen molar-refractivity contribution in [2.24, 2.45) is 0 Å². The van der Waals surface area contributed by atoms with E-state index >= 15 is 0 Å². The summed E-state index contributed by atoms with van der Waals surface area (Å²) in [6.07, 6.45) is 3.85. The van der Waals surface area contributed by atoms with Crippen molar-refractivity contribution in [3.05, 3.63) is 36.4 Å². The summed E-state index contributed by atoms with van der Waals surface area (Å²) < 4.78 is 11.3. The molecular formula is C16H25NO2. The van der Waals surface area contributed by atoms with E-state index in [2.05, 4.69) is 31.8 Å². The second kappa shape index (κ2) is 8.59. The molecule has 1 aromatic carbocycles. The third-order valence-electron chi connectivity index (χ3n) is 2.78. The minimum atomic E-state index is 0.444. The maximum absolute atomic E-state index is 5.88. The number of benzene rings is 1. The van der Waals surface area contributed by atoms with Crippen LogP contribution in [0.2, 0.25) is 0 Å². The molecule has 0 aliphatic heterocycles. The molecule has 1 rings (SSSR count). The van der Waals surface area contributed by atoms with Crippen LogP contribution >= 0.6 is 0 Å². The van der Waals surface area contributed by atoms with Gasteiger partial charge in [-0.1, -0.05) is 32.1 Å². The van der Waals surface area contributed by atoms with Gasteiger partial charge in [0.2, 0.25) is 0 Å². The number of allylic oxidation sites excluding steroid dienone is 1. The van der Waals surface area contributed by atoms with E-state index in [0.29, 0.717) is 12.6 Å². The van der Waals surface area contributed by atoms with Gasteiger partial charge in [0.15, 0.2) is 11.5 Å². The lowest BCUT2D eigenvalue weighted by Crippen LogP contribution is -2.22. The zero-order valence-electron chi connectivity index (χ0n) is 12.2. The Labute approximate surface area is 116 Å². The van der Waals surface area contributed by atoms with Gasteiger partial charge in [0.25, 0.3) is 0 Å². The standard InChI is InChI=1S/C16H25NO2/c1-5-6-7-11-19-16-14(12-17-13(2)3)9-8-10-15(16)18-4/h5,8-10,13,17H,1,6-7,11-12H2,2-4H3. The Bertz CT molecular complexity index is 388. The average molecular weight is 263 g/mol. The van der Waals surface area contributed by atoms with Gasteiger partial charge >= 0.3 is 0 Å². The van der Waals surface area contributed by atoms with Crippen LogP contribution in [-0.4, -0.2) is 19.8 Å². The number of hydrogen-bond acceptors (Lipinski definition) is 3. The molecule has 0 bridgehead atoms. The van der Waals surface area contributed by atoms with Crippen LogP contribution in [0.5, 0.6) is 11.5 Å². The smallest absolute Gasteiger partial charge is 0.165 e. The Morgan fingerprint density at radius 3 is 2.79 bits per heavy atom. The molecule has 106 valence electrons. The number of methoxy groups -OCH3 is 1. The van der Waals surface area contributed by atoms with Crippen molar-refractivity contribution < 1.29 is 9.47 Å². The predicted molar refractivity (Wildman–Crippen MR) is 79.9 cm³/mol. The van der Waals surface area contributed by atoms with Gasteiger partial charge in [-0.25, -0.2) is 0 Å². The van der Waals surface area contributed by atoms with Crippen molar-refractivity contribution in [1.82, 2.24) is 5.32 Å². The predicted octanol–water partition coefficient (Wildman–Crippen LogP) is 3.54. The molecule has 0 aromatic heterocycles. The summed E-state index contributed by atoms with van der Waals surface area (Å²) in [5.74, 6) is 1.64. The number of ether oxygens (including phenoxy) is 2. The highest BCUT2D eigenvalue weighted by molar-refractivity contribution is 5.46. The fraction of sp³-hybridized carbons (Fsp3) is 0.500. The molecular weight excluding hydrogens is 238 g/mol. The van der Waals surface area contributed by atoms with E-state index in [9.17, 15) is 0 Å². The Hall–Kier alpha value is -1.48. The van der Waals surface area contributed by atoms with Crippen molar-refractivity contribution in [3.8, 4) is 11.5 Å². The molecule has 0 heterocycles. The van der Waals surface area contributed by atoms with Gasteiger partial charge in [-0.15, -0.1) is 6.58 Å². The first-order valence-corrected chi connectivity index (χ1v) is 6.82. The van der Waals surface area contributed by atoms with Gasteiger partial charge in [-0.05, 0) is 18.9 Å². The van der Waals surface area contributed by atoms with E-state index in [1.807, 2.05) is 18.2 Å². The number of nitrogens with one attached hydrogen (secondary N) is 1. The minimum absolute atomic E-state index is 0.444. The first kappa shape index (κ1) is 15.6. The van der Waals surface area contributed by atoms with Gasteiger partial charge in [-0.2, -0.15) is 0 Å². The quantitative estimate of drug-likeness (QED) is 0.546. The van der Waals surface area contributed by atoms with Crippen LogP contribution < -0.4 is 14.8 Å². The fourth-order valence-corrected chi connectivity index (χ4v) is 1.74. The summed E-state index contributed by atoms with van der Waals surface area (Å²) in [4.78, 5) is 0. The van der Waals surface area contributed by atoms with Gasteiger partial charge < -0.3 is 14.8 Å². The van der Waals surface area contributed by atoms with Crippen LogP contribution in [0.1, 0.15) is 32.3 Å². The second-order valence-electron chi connectivity index (χ2n) is 4.76. The van der Waals surface area contributed by atoms with Gasteiger partial charge in [-0.3, -0.25) is 0 Å². The van der Waals surface area contributed by atoms with Crippen LogP contribution in [0.4, 0.5) is 0 Å². The maximum atomic E-state index is 5.88. The monoisotopic (exact) mass is 263 g/mol. The van der Waals surface area contributed by atoms with Crippen LogP contribution in [0.3, 0.4) is 0 Å². The highest BCUT2D eigenvalue weighted by Crippen LogP contribution is 2.31. The van der Waals surface area contributed by atoms with E-state index in [0.717, 1.165) is 36.4 Å². The maximum Gasteiger partial charge on any atom is 0.165 e. The summed E-state index contributed by atoms with van der Waals surface area (Å²) in [6.45, 7) is 9.44. The van der Waals surface area contributed by atoms with Crippen molar-refractivity contribution >= 4 is 0 Å². The molecule has 1 aromatic rings. The largest absolute Gasteiger partial charge is 0.493 e. The van der Waals surface area contributed by atoms with E-state index in [4.69, 9.17) is 9.47 Å². The molecule has 0 saturated heterocycles. The molecule has 3 heteroatoms. The van der Waals surface area contributed by atoms with Gasteiger partial charge in [0, 0.05) is 18.2 Å². The molecule has 19 heavy (non-hydrogen) atoms. The van der Waals surface area contributed by atoms with Crippen LogP contribution in [0.25, 0.3) is 0 Å². The minimum Gasteiger partial charge on any atom is -0.493 e. The van der Waals surface area contributed by atoms with Crippen molar-refractivity contribution in [1.29, 1.82) is 0 Å². The molecule has 0 fully saturated rings. The number of rotatable bonds is 9. The number of para-hydroxylation sites is 1.